The maximum absolute atomic E-state index is 11.2. The van der Waals surface area contributed by atoms with Gasteiger partial charge in [-0.1, -0.05) is 48.0 Å². The molecule has 4 rings (SSSR count). The number of rotatable bonds is 4. The van der Waals surface area contributed by atoms with Crippen LogP contribution in [-0.2, 0) is 6.54 Å². The Kier molecular flexibility index (Phi) is 5.55. The molecule has 1 aliphatic heterocycles. The highest BCUT2D eigenvalue weighted by Gasteiger charge is 2.25. The topological polar surface area (TPSA) is 39.3 Å². The van der Waals surface area contributed by atoms with Crippen LogP contribution < -0.4 is 5.56 Å². The molecule has 1 aliphatic carbocycles. The highest BCUT2D eigenvalue weighted by Crippen LogP contribution is 2.30. The fourth-order valence-corrected chi connectivity index (χ4v) is 4.34. The van der Waals surface area contributed by atoms with Gasteiger partial charge in [0.1, 0.15) is 0 Å². The van der Waals surface area contributed by atoms with Crippen LogP contribution in [0.4, 0.5) is 0 Å². The highest BCUT2D eigenvalue weighted by molar-refractivity contribution is 5.29. The number of hydrogen-bond donors (Lipinski definition) is 1. The number of allylic oxidation sites excluding steroid dienone is 1. The number of hydrogen-bond acceptors (Lipinski definition) is 3. The molecule has 2 atom stereocenters. The minimum absolute atomic E-state index is 0.0309. The lowest BCUT2D eigenvalue weighted by molar-refractivity contribution is 0.101. The van der Waals surface area contributed by atoms with Crippen LogP contribution in [-0.4, -0.2) is 47.0 Å². The molecule has 1 N–H and O–H groups in total. The summed E-state index contributed by atoms with van der Waals surface area (Å²) in [6.07, 6.45) is 9.19. The Morgan fingerprint density at radius 2 is 1.89 bits per heavy atom. The molecule has 0 saturated carbocycles. The van der Waals surface area contributed by atoms with E-state index in [2.05, 4.69) is 58.1 Å². The summed E-state index contributed by atoms with van der Waals surface area (Å²) in [5.74, 6) is 0.572. The Hall–Kier alpha value is -2.17. The Bertz CT molecular complexity index is 828. The molecule has 4 heteroatoms. The molecular weight excluding hydrogens is 334 g/mol. The average molecular weight is 364 g/mol. The molecule has 0 bridgehead atoms. The number of piperazine rings is 1. The van der Waals surface area contributed by atoms with Crippen LogP contribution in [0.2, 0.25) is 0 Å². The minimum atomic E-state index is -0.0309. The first kappa shape index (κ1) is 18.2. The largest absolute Gasteiger partial charge is 0.329 e. The van der Waals surface area contributed by atoms with E-state index in [1.54, 1.807) is 6.07 Å². The first-order chi connectivity index (χ1) is 13.2. The van der Waals surface area contributed by atoms with Crippen LogP contribution >= 0.6 is 0 Å². The van der Waals surface area contributed by atoms with Gasteiger partial charge >= 0.3 is 0 Å². The number of nitrogens with zero attached hydrogens (tertiary/aromatic N) is 2. The van der Waals surface area contributed by atoms with Gasteiger partial charge in [-0.3, -0.25) is 14.6 Å². The first-order valence-corrected chi connectivity index (χ1v) is 10.1. The van der Waals surface area contributed by atoms with E-state index < -0.39 is 0 Å². The summed E-state index contributed by atoms with van der Waals surface area (Å²) in [4.78, 5) is 19.1. The highest BCUT2D eigenvalue weighted by atomic mass is 16.1. The maximum atomic E-state index is 11.2. The normalized spacial score (nSPS) is 24.2. The van der Waals surface area contributed by atoms with Gasteiger partial charge in [0.15, 0.2) is 0 Å². The van der Waals surface area contributed by atoms with Crippen LogP contribution in [0, 0.1) is 6.92 Å². The minimum Gasteiger partial charge on any atom is -0.329 e. The number of aromatic nitrogens is 1. The second kappa shape index (κ2) is 8.24. The molecule has 2 aromatic rings. The zero-order valence-electron chi connectivity index (χ0n) is 16.1. The van der Waals surface area contributed by atoms with Crippen molar-refractivity contribution in [1.82, 2.24) is 14.8 Å². The van der Waals surface area contributed by atoms with Crippen LogP contribution in [0.1, 0.15) is 35.4 Å². The van der Waals surface area contributed by atoms with Crippen LogP contribution in [0.25, 0.3) is 0 Å². The summed E-state index contributed by atoms with van der Waals surface area (Å²) in [7, 11) is 0. The average Bonchev–Trinajstić information content (AvgIpc) is 2.71. The zero-order valence-corrected chi connectivity index (χ0v) is 16.1. The molecule has 2 heterocycles. The van der Waals surface area contributed by atoms with Crippen molar-refractivity contribution in [3.05, 3.63) is 81.8 Å². The van der Waals surface area contributed by atoms with E-state index in [0.29, 0.717) is 12.0 Å². The fourth-order valence-electron chi connectivity index (χ4n) is 4.34. The van der Waals surface area contributed by atoms with Gasteiger partial charge in [-0.05, 0) is 30.9 Å². The molecule has 0 radical (unpaired) electrons. The maximum Gasteiger partial charge on any atom is 0.247 e. The molecule has 1 aromatic carbocycles. The van der Waals surface area contributed by atoms with Gasteiger partial charge in [0, 0.05) is 56.9 Å². The van der Waals surface area contributed by atoms with Gasteiger partial charge in [-0.15, -0.1) is 0 Å². The third kappa shape index (κ3) is 4.57. The van der Waals surface area contributed by atoms with Crippen molar-refractivity contribution < 1.29 is 0 Å². The summed E-state index contributed by atoms with van der Waals surface area (Å²) in [5, 5.41) is 0. The molecule has 1 saturated heterocycles. The van der Waals surface area contributed by atoms with Crippen molar-refractivity contribution in [2.24, 2.45) is 0 Å². The van der Waals surface area contributed by atoms with Gasteiger partial charge in [-0.25, -0.2) is 0 Å². The van der Waals surface area contributed by atoms with Crippen molar-refractivity contribution in [2.45, 2.75) is 38.3 Å². The van der Waals surface area contributed by atoms with Crippen molar-refractivity contribution >= 4 is 0 Å². The van der Waals surface area contributed by atoms with Crippen molar-refractivity contribution in [2.75, 3.05) is 26.2 Å². The van der Waals surface area contributed by atoms with E-state index in [0.717, 1.165) is 32.7 Å². The van der Waals surface area contributed by atoms with E-state index in [1.807, 2.05) is 12.3 Å². The quantitative estimate of drug-likeness (QED) is 0.847. The van der Waals surface area contributed by atoms with Crippen molar-refractivity contribution in [3.63, 3.8) is 0 Å². The fraction of sp³-hybridized carbons (Fsp3) is 0.435. The van der Waals surface area contributed by atoms with Gasteiger partial charge in [0.25, 0.3) is 0 Å². The van der Waals surface area contributed by atoms with E-state index in [4.69, 9.17) is 0 Å². The number of aryl methyl sites for hydroxylation is 1. The monoisotopic (exact) mass is 363 g/mol. The van der Waals surface area contributed by atoms with E-state index in [1.165, 1.54) is 29.5 Å². The van der Waals surface area contributed by atoms with E-state index in [9.17, 15) is 4.79 Å². The standard InChI is InChI=1S/C23H29N3O/c1-18-3-2-4-21(15-18)20-6-8-22(9-7-20)26-13-11-25(12-14-26)17-19-5-10-23(27)24-16-19/h2-6,8,10,15-16,20,22H,7,9,11-14,17H2,1H3,(H,24,27)/t20-,22+/m0/s1. The lowest BCUT2D eigenvalue weighted by atomic mass is 9.86. The summed E-state index contributed by atoms with van der Waals surface area (Å²) >= 11 is 0. The predicted octanol–water partition coefficient (Wildman–Crippen LogP) is 3.30. The van der Waals surface area contributed by atoms with Gasteiger partial charge in [0.2, 0.25) is 5.56 Å². The number of H-pyrrole nitrogens is 1. The second-order valence-electron chi connectivity index (χ2n) is 7.92. The van der Waals surface area contributed by atoms with Crippen LogP contribution in [0.3, 0.4) is 0 Å². The number of pyridine rings is 1. The van der Waals surface area contributed by atoms with E-state index in [-0.39, 0.29) is 5.56 Å². The predicted molar refractivity (Wildman–Crippen MR) is 110 cm³/mol. The van der Waals surface area contributed by atoms with Crippen molar-refractivity contribution in [3.8, 4) is 0 Å². The third-order valence-corrected chi connectivity index (χ3v) is 5.94. The lowest BCUT2D eigenvalue weighted by Crippen LogP contribution is -2.49. The molecule has 1 fully saturated rings. The molecule has 0 spiro atoms. The molecule has 142 valence electrons. The van der Waals surface area contributed by atoms with Gasteiger partial charge in [0.05, 0.1) is 0 Å². The third-order valence-electron chi connectivity index (χ3n) is 5.94. The molecule has 1 aromatic heterocycles. The smallest absolute Gasteiger partial charge is 0.247 e. The van der Waals surface area contributed by atoms with Crippen molar-refractivity contribution in [1.29, 1.82) is 0 Å². The Balaban J connectivity index is 1.29. The van der Waals surface area contributed by atoms with E-state index >= 15 is 0 Å². The summed E-state index contributed by atoms with van der Waals surface area (Å²) < 4.78 is 0. The van der Waals surface area contributed by atoms with Crippen LogP contribution in [0.15, 0.2) is 59.5 Å². The summed E-state index contributed by atoms with van der Waals surface area (Å²) in [5.41, 5.74) is 3.95. The Labute approximate surface area is 161 Å². The number of nitrogens with one attached hydrogen (secondary N) is 1. The number of benzene rings is 1. The molecule has 0 amide bonds. The number of aromatic amines is 1. The first-order valence-electron chi connectivity index (χ1n) is 10.1. The molecular formula is C23H29N3O. The Morgan fingerprint density at radius 1 is 1.04 bits per heavy atom. The molecule has 27 heavy (non-hydrogen) atoms. The Morgan fingerprint density at radius 3 is 2.56 bits per heavy atom. The molecule has 4 nitrogen and oxygen atoms in total. The SMILES string of the molecule is Cc1cccc([C@H]2C=C[C@@H](N3CCN(Cc4ccc(=O)[nH]c4)CC3)CC2)c1. The summed E-state index contributed by atoms with van der Waals surface area (Å²) in [6, 6.07) is 13.1. The lowest BCUT2D eigenvalue weighted by Gasteiger charge is -2.40. The van der Waals surface area contributed by atoms with Crippen LogP contribution in [0.5, 0.6) is 0 Å². The summed E-state index contributed by atoms with van der Waals surface area (Å²) in [6.45, 7) is 7.50. The van der Waals surface area contributed by atoms with Gasteiger partial charge < -0.3 is 4.98 Å². The zero-order chi connectivity index (χ0) is 18.6. The van der Waals surface area contributed by atoms with Gasteiger partial charge in [-0.2, -0.15) is 0 Å². The molecule has 2 aliphatic rings. The second-order valence-corrected chi connectivity index (χ2v) is 7.92. The molecule has 0 unspecified atom stereocenters.